The standard InChI is InChI=1S/C22H23BNO8P/c1-13(32-23-24-33)17-18(29-20(26)15-9-5-3-6-10-15)19(22(31-17)28-14(2)25)30-21(27)16-11-7-4-8-12-16/h3-13,17-19,22H,33H2,1-2H3/t13?,17-,18-,19-,22?/m1/s1. The zero-order valence-electron chi connectivity index (χ0n) is 18.0. The molecule has 1 heterocycles. The SMILES string of the molecule is CC(=O)OC1O[C@H](C(C)OB=NP)[C@@H](OC(=O)c2ccccc2)[C@H]1OC(=O)c1ccccc1. The van der Waals surface area contributed by atoms with Crippen molar-refractivity contribution in [2.75, 3.05) is 0 Å². The Morgan fingerprint density at radius 3 is 1.91 bits per heavy atom. The van der Waals surface area contributed by atoms with Gasteiger partial charge in [0.2, 0.25) is 0 Å². The van der Waals surface area contributed by atoms with Gasteiger partial charge in [-0.3, -0.25) is 0 Å². The maximum atomic E-state index is 12.8. The Morgan fingerprint density at radius 2 is 1.42 bits per heavy atom. The van der Waals surface area contributed by atoms with E-state index >= 15 is 0 Å². The molecule has 33 heavy (non-hydrogen) atoms. The van der Waals surface area contributed by atoms with Gasteiger partial charge in [-0.15, -0.1) is 0 Å². The van der Waals surface area contributed by atoms with Gasteiger partial charge >= 0.3 is 194 Å². The summed E-state index contributed by atoms with van der Waals surface area (Å²) in [7, 11) is 3.30. The Kier molecular flexibility index (Phi) is 8.68. The minimum absolute atomic E-state index is 0.273. The fraction of sp³-hybridized carbons (Fsp3) is 0.318. The molecule has 11 heteroatoms. The summed E-state index contributed by atoms with van der Waals surface area (Å²) in [5.41, 5.74) is 0.565. The summed E-state index contributed by atoms with van der Waals surface area (Å²) in [5.74, 6) is -2.01. The fourth-order valence-corrected chi connectivity index (χ4v) is 3.36. The second-order valence-electron chi connectivity index (χ2n) is 7.15. The van der Waals surface area contributed by atoms with E-state index in [1.165, 1.54) is 14.2 Å². The average Bonchev–Trinajstić information content (AvgIpc) is 3.14. The van der Waals surface area contributed by atoms with E-state index in [1.54, 1.807) is 67.6 Å². The molecule has 2 aromatic rings. The molecule has 9 nitrogen and oxygen atoms in total. The van der Waals surface area contributed by atoms with Crippen molar-refractivity contribution < 1.29 is 38.0 Å². The van der Waals surface area contributed by atoms with Crippen molar-refractivity contribution in [3.8, 4) is 0 Å². The van der Waals surface area contributed by atoms with Crippen molar-refractivity contribution in [3.05, 3.63) is 71.8 Å². The van der Waals surface area contributed by atoms with E-state index in [-0.39, 0.29) is 5.56 Å². The van der Waals surface area contributed by atoms with Crippen LogP contribution in [0.5, 0.6) is 0 Å². The summed E-state index contributed by atoms with van der Waals surface area (Å²) in [4.78, 5) is 37.3. The van der Waals surface area contributed by atoms with E-state index in [2.05, 4.69) is 14.1 Å². The van der Waals surface area contributed by atoms with Crippen molar-refractivity contribution in [2.24, 2.45) is 4.67 Å². The topological polar surface area (TPSA) is 110 Å². The van der Waals surface area contributed by atoms with Gasteiger partial charge in [-0.2, -0.15) is 0 Å². The van der Waals surface area contributed by atoms with Crippen LogP contribution < -0.4 is 0 Å². The molecule has 0 N–H and O–H groups in total. The monoisotopic (exact) mass is 471 g/mol. The summed E-state index contributed by atoms with van der Waals surface area (Å²) in [6.07, 6.45) is -5.31. The number of ether oxygens (including phenoxy) is 4. The van der Waals surface area contributed by atoms with Gasteiger partial charge in [0.15, 0.2) is 0 Å². The number of esters is 3. The van der Waals surface area contributed by atoms with Crippen LogP contribution in [0.25, 0.3) is 0 Å². The average molecular weight is 471 g/mol. The summed E-state index contributed by atoms with van der Waals surface area (Å²) in [6, 6.07) is 16.6. The van der Waals surface area contributed by atoms with E-state index in [9.17, 15) is 14.4 Å². The van der Waals surface area contributed by atoms with Crippen LogP contribution >= 0.6 is 9.39 Å². The van der Waals surface area contributed by atoms with Crippen LogP contribution in [-0.4, -0.2) is 55.9 Å². The van der Waals surface area contributed by atoms with Gasteiger partial charge in [-0.05, 0) is 0 Å². The fourth-order valence-electron chi connectivity index (χ4n) is 3.28. The number of carbonyl (C=O) groups is 3. The molecule has 0 aliphatic carbocycles. The van der Waals surface area contributed by atoms with E-state index in [4.69, 9.17) is 23.6 Å². The molecule has 0 bridgehead atoms. The zero-order valence-corrected chi connectivity index (χ0v) is 19.2. The predicted octanol–water partition coefficient (Wildman–Crippen LogP) is 2.72. The number of carbonyl (C=O) groups excluding carboxylic acids is 3. The van der Waals surface area contributed by atoms with Crippen molar-refractivity contribution in [1.29, 1.82) is 0 Å². The van der Waals surface area contributed by atoms with Gasteiger partial charge in [-0.1, -0.05) is 0 Å². The molecule has 0 spiro atoms. The second kappa shape index (κ2) is 11.7. The van der Waals surface area contributed by atoms with Crippen LogP contribution in [0.1, 0.15) is 34.6 Å². The number of nitrogens with zero attached hydrogens (tertiary/aromatic N) is 1. The molecule has 0 radical (unpaired) electrons. The van der Waals surface area contributed by atoms with Crippen molar-refractivity contribution >= 4 is 34.6 Å². The summed E-state index contributed by atoms with van der Waals surface area (Å²) < 4.78 is 31.6. The minimum atomic E-state index is -1.31. The van der Waals surface area contributed by atoms with E-state index in [0.29, 0.717) is 5.56 Å². The first-order valence-electron chi connectivity index (χ1n) is 10.1. The van der Waals surface area contributed by atoms with Crippen LogP contribution in [-0.2, 0) is 28.4 Å². The third-order valence-electron chi connectivity index (χ3n) is 4.79. The predicted molar refractivity (Wildman–Crippen MR) is 120 cm³/mol. The van der Waals surface area contributed by atoms with Gasteiger partial charge in [0.25, 0.3) is 0 Å². The van der Waals surface area contributed by atoms with Gasteiger partial charge in [-0.25, -0.2) is 0 Å². The Labute approximate surface area is 193 Å². The molecule has 0 aromatic heterocycles. The molecule has 6 atom stereocenters. The summed E-state index contributed by atoms with van der Waals surface area (Å²) in [6.45, 7) is 2.85. The van der Waals surface area contributed by atoms with Crippen molar-refractivity contribution in [3.63, 3.8) is 0 Å². The van der Waals surface area contributed by atoms with Crippen LogP contribution in [0.4, 0.5) is 0 Å². The van der Waals surface area contributed by atoms with Crippen LogP contribution in [0.15, 0.2) is 65.3 Å². The molecule has 3 unspecified atom stereocenters. The van der Waals surface area contributed by atoms with Gasteiger partial charge < -0.3 is 0 Å². The third kappa shape index (κ3) is 6.46. The summed E-state index contributed by atoms with van der Waals surface area (Å²) in [5, 5.41) is 0. The quantitative estimate of drug-likeness (QED) is 0.250. The molecule has 2 aromatic carbocycles. The first kappa shape index (κ1) is 24.5. The molecule has 0 amide bonds. The van der Waals surface area contributed by atoms with Crippen LogP contribution in [0.2, 0.25) is 0 Å². The molecule has 172 valence electrons. The Hall–Kier alpha value is -3.10. The Balaban J connectivity index is 1.91. The van der Waals surface area contributed by atoms with Crippen LogP contribution in [0.3, 0.4) is 0 Å². The van der Waals surface area contributed by atoms with E-state index < -0.39 is 48.6 Å². The molecule has 0 saturated carbocycles. The molecule has 1 aliphatic rings. The Morgan fingerprint density at radius 1 is 0.909 bits per heavy atom. The molecule has 1 fully saturated rings. The molecular formula is C22H23BNO8P. The van der Waals surface area contributed by atoms with Gasteiger partial charge in [0, 0.05) is 0 Å². The van der Waals surface area contributed by atoms with Crippen molar-refractivity contribution in [1.82, 2.24) is 0 Å². The number of benzene rings is 2. The zero-order chi connectivity index (χ0) is 23.8. The Bertz CT molecular complexity index is 990. The normalized spacial score (nSPS) is 22.8. The molecule has 1 aliphatic heterocycles. The van der Waals surface area contributed by atoms with Crippen molar-refractivity contribution in [2.45, 2.75) is 44.6 Å². The van der Waals surface area contributed by atoms with E-state index in [1.807, 2.05) is 0 Å². The first-order valence-corrected chi connectivity index (χ1v) is 10.6. The second-order valence-corrected chi connectivity index (χ2v) is 7.44. The number of rotatable bonds is 8. The number of hydrogen-bond donors (Lipinski definition) is 0. The molecule has 3 rings (SSSR count). The molecular weight excluding hydrogens is 448 g/mol. The number of hydrogen-bond acceptors (Lipinski definition) is 9. The molecule has 1 saturated heterocycles. The first-order chi connectivity index (χ1) is 15.9. The van der Waals surface area contributed by atoms with Gasteiger partial charge in [0.1, 0.15) is 0 Å². The third-order valence-corrected chi connectivity index (χ3v) is 4.92. The van der Waals surface area contributed by atoms with E-state index in [0.717, 1.165) is 0 Å². The summed E-state index contributed by atoms with van der Waals surface area (Å²) >= 11 is 0. The van der Waals surface area contributed by atoms with Gasteiger partial charge in [0.05, 0.1) is 0 Å². The van der Waals surface area contributed by atoms with Crippen LogP contribution in [0, 0.1) is 0 Å². The maximum absolute atomic E-state index is 12.8.